The number of nitro groups is 1. The highest BCUT2D eigenvalue weighted by Gasteiger charge is 2.19. The van der Waals surface area contributed by atoms with E-state index in [9.17, 15) is 15.2 Å². The van der Waals surface area contributed by atoms with E-state index in [1.54, 1.807) is 33.0 Å². The fourth-order valence-electron chi connectivity index (χ4n) is 2.12. The van der Waals surface area contributed by atoms with Crippen LogP contribution in [0.5, 0.6) is 0 Å². The summed E-state index contributed by atoms with van der Waals surface area (Å²) in [6.07, 6.45) is 0. The lowest BCUT2D eigenvalue weighted by Gasteiger charge is -2.28. The van der Waals surface area contributed by atoms with Crippen molar-refractivity contribution in [2.45, 2.75) is 32.9 Å². The molecule has 6 heteroatoms. The Morgan fingerprint density at radius 3 is 2.55 bits per heavy atom. The Kier molecular flexibility index (Phi) is 5.47. The average Bonchev–Trinajstić information content (AvgIpc) is 2.36. The molecule has 0 aliphatic rings. The molecule has 0 aliphatic carbocycles. The van der Waals surface area contributed by atoms with Crippen LogP contribution in [0, 0.1) is 10.1 Å². The van der Waals surface area contributed by atoms with Crippen LogP contribution in [0.15, 0.2) is 18.2 Å². The molecule has 0 radical (unpaired) electrons. The number of nitro benzene ring substituents is 1. The quantitative estimate of drug-likeness (QED) is 0.592. The fourth-order valence-corrected chi connectivity index (χ4v) is 2.12. The van der Waals surface area contributed by atoms with Crippen molar-refractivity contribution in [3.63, 3.8) is 0 Å². The van der Waals surface area contributed by atoms with E-state index in [1.165, 1.54) is 0 Å². The Morgan fingerprint density at radius 2 is 2.10 bits per heavy atom. The van der Waals surface area contributed by atoms with E-state index in [0.717, 1.165) is 12.1 Å². The van der Waals surface area contributed by atoms with Gasteiger partial charge in [-0.2, -0.15) is 0 Å². The van der Waals surface area contributed by atoms with Crippen LogP contribution >= 0.6 is 0 Å². The van der Waals surface area contributed by atoms with Gasteiger partial charge in [0.2, 0.25) is 0 Å². The van der Waals surface area contributed by atoms with Crippen molar-refractivity contribution in [1.82, 2.24) is 4.90 Å². The monoisotopic (exact) mass is 281 g/mol. The molecule has 112 valence electrons. The molecule has 2 N–H and O–H groups in total. The van der Waals surface area contributed by atoms with Crippen LogP contribution in [-0.2, 0) is 6.54 Å². The molecule has 0 heterocycles. The van der Waals surface area contributed by atoms with Gasteiger partial charge in [0.25, 0.3) is 5.69 Å². The Morgan fingerprint density at radius 1 is 1.45 bits per heavy atom. The summed E-state index contributed by atoms with van der Waals surface area (Å²) in [5.74, 6) is 0. The van der Waals surface area contributed by atoms with Gasteiger partial charge in [-0.1, -0.05) is 13.0 Å². The standard InChI is InChI=1S/C14H23N3O3/c1-5-16(10-14(2,3)18)9-11-6-7-12(15-4)13(8-11)17(19)20/h6-8,15,18H,5,9-10H2,1-4H3. The van der Waals surface area contributed by atoms with E-state index in [2.05, 4.69) is 10.2 Å². The molecule has 0 bridgehead atoms. The van der Waals surface area contributed by atoms with Gasteiger partial charge in [-0.15, -0.1) is 0 Å². The molecule has 1 rings (SSSR count). The van der Waals surface area contributed by atoms with Gasteiger partial charge in [-0.3, -0.25) is 15.0 Å². The second-order valence-corrected chi connectivity index (χ2v) is 5.47. The number of anilines is 1. The summed E-state index contributed by atoms with van der Waals surface area (Å²) in [6.45, 7) is 7.37. The topological polar surface area (TPSA) is 78.6 Å². The first-order chi connectivity index (χ1) is 9.26. The maximum Gasteiger partial charge on any atom is 0.292 e. The number of rotatable bonds is 7. The Bertz CT molecular complexity index is 469. The van der Waals surface area contributed by atoms with Gasteiger partial charge in [0.05, 0.1) is 10.5 Å². The van der Waals surface area contributed by atoms with Gasteiger partial charge in [0, 0.05) is 26.2 Å². The second kappa shape index (κ2) is 6.67. The molecular weight excluding hydrogens is 258 g/mol. The summed E-state index contributed by atoms with van der Waals surface area (Å²) >= 11 is 0. The number of hydrogen-bond acceptors (Lipinski definition) is 5. The summed E-state index contributed by atoms with van der Waals surface area (Å²) in [5.41, 5.74) is 0.655. The van der Waals surface area contributed by atoms with Crippen LogP contribution in [-0.4, -0.2) is 40.7 Å². The first kappa shape index (κ1) is 16.4. The van der Waals surface area contributed by atoms with Gasteiger partial charge in [0.1, 0.15) is 5.69 Å². The number of nitrogens with one attached hydrogen (secondary N) is 1. The molecule has 0 spiro atoms. The Hall–Kier alpha value is -1.66. The lowest BCUT2D eigenvalue weighted by molar-refractivity contribution is -0.384. The van der Waals surface area contributed by atoms with Crippen molar-refractivity contribution in [2.24, 2.45) is 0 Å². The predicted molar refractivity (Wildman–Crippen MR) is 79.9 cm³/mol. The zero-order valence-electron chi connectivity index (χ0n) is 12.5. The molecule has 1 aromatic carbocycles. The zero-order valence-corrected chi connectivity index (χ0v) is 12.5. The molecule has 0 aliphatic heterocycles. The number of hydrogen-bond donors (Lipinski definition) is 2. The van der Waals surface area contributed by atoms with Gasteiger partial charge in [-0.05, 0) is 32.0 Å². The summed E-state index contributed by atoms with van der Waals surface area (Å²) in [7, 11) is 1.66. The number of likely N-dealkylation sites (N-methyl/N-ethyl adjacent to an activating group) is 1. The summed E-state index contributed by atoms with van der Waals surface area (Å²) < 4.78 is 0. The number of aliphatic hydroxyl groups is 1. The van der Waals surface area contributed by atoms with Crippen molar-refractivity contribution in [1.29, 1.82) is 0 Å². The molecule has 0 amide bonds. The maximum atomic E-state index is 11.0. The van der Waals surface area contributed by atoms with Crippen LogP contribution in [0.2, 0.25) is 0 Å². The van der Waals surface area contributed by atoms with Crippen molar-refractivity contribution in [3.05, 3.63) is 33.9 Å². The van der Waals surface area contributed by atoms with Gasteiger partial charge >= 0.3 is 0 Å². The van der Waals surface area contributed by atoms with Gasteiger partial charge in [0.15, 0.2) is 0 Å². The summed E-state index contributed by atoms with van der Waals surface area (Å²) in [4.78, 5) is 12.7. The molecule has 0 fully saturated rings. The van der Waals surface area contributed by atoms with Crippen LogP contribution in [0.25, 0.3) is 0 Å². The second-order valence-electron chi connectivity index (χ2n) is 5.47. The van der Waals surface area contributed by atoms with E-state index in [-0.39, 0.29) is 10.6 Å². The molecule has 6 nitrogen and oxygen atoms in total. The van der Waals surface area contributed by atoms with Crippen molar-refractivity contribution >= 4 is 11.4 Å². The lowest BCUT2D eigenvalue weighted by Crippen LogP contribution is -2.38. The highest BCUT2D eigenvalue weighted by atomic mass is 16.6. The Labute approximate surface area is 119 Å². The molecular formula is C14H23N3O3. The predicted octanol–water partition coefficient (Wildman–Crippen LogP) is 2.23. The highest BCUT2D eigenvalue weighted by Crippen LogP contribution is 2.25. The summed E-state index contributed by atoms with van der Waals surface area (Å²) in [6, 6.07) is 5.16. The molecule has 20 heavy (non-hydrogen) atoms. The third-order valence-corrected chi connectivity index (χ3v) is 2.99. The van der Waals surface area contributed by atoms with E-state index in [4.69, 9.17) is 0 Å². The smallest absolute Gasteiger partial charge is 0.292 e. The average molecular weight is 281 g/mol. The number of benzene rings is 1. The first-order valence-corrected chi connectivity index (χ1v) is 6.66. The summed E-state index contributed by atoms with van der Waals surface area (Å²) in [5, 5.41) is 23.7. The number of nitrogens with zero attached hydrogens (tertiary/aromatic N) is 2. The Balaban J connectivity index is 2.91. The van der Waals surface area contributed by atoms with E-state index < -0.39 is 5.60 Å². The van der Waals surface area contributed by atoms with E-state index in [1.807, 2.05) is 13.0 Å². The zero-order chi connectivity index (χ0) is 15.3. The third-order valence-electron chi connectivity index (χ3n) is 2.99. The van der Waals surface area contributed by atoms with Crippen molar-refractivity contribution < 1.29 is 10.0 Å². The maximum absolute atomic E-state index is 11.0. The minimum Gasteiger partial charge on any atom is -0.389 e. The molecule has 0 unspecified atom stereocenters. The van der Waals surface area contributed by atoms with Crippen molar-refractivity contribution in [3.8, 4) is 0 Å². The van der Waals surface area contributed by atoms with Gasteiger partial charge < -0.3 is 10.4 Å². The normalized spacial score (nSPS) is 11.7. The lowest BCUT2D eigenvalue weighted by atomic mass is 10.1. The molecule has 0 saturated heterocycles. The largest absolute Gasteiger partial charge is 0.389 e. The van der Waals surface area contributed by atoms with E-state index >= 15 is 0 Å². The van der Waals surface area contributed by atoms with Crippen molar-refractivity contribution in [2.75, 3.05) is 25.5 Å². The molecule has 1 aromatic rings. The third kappa shape index (κ3) is 4.79. The van der Waals surface area contributed by atoms with Crippen LogP contribution < -0.4 is 5.32 Å². The van der Waals surface area contributed by atoms with Crippen LogP contribution in [0.3, 0.4) is 0 Å². The minimum atomic E-state index is -0.785. The first-order valence-electron chi connectivity index (χ1n) is 6.66. The van der Waals surface area contributed by atoms with E-state index in [0.29, 0.717) is 18.8 Å². The SMILES string of the molecule is CCN(Cc1ccc(NC)c([N+](=O)[O-])c1)CC(C)(C)O. The highest BCUT2D eigenvalue weighted by molar-refractivity contribution is 5.62. The minimum absolute atomic E-state index is 0.0734. The van der Waals surface area contributed by atoms with Crippen LogP contribution in [0.4, 0.5) is 11.4 Å². The van der Waals surface area contributed by atoms with Crippen LogP contribution in [0.1, 0.15) is 26.3 Å². The molecule has 0 atom stereocenters. The molecule has 0 saturated carbocycles. The fraction of sp³-hybridized carbons (Fsp3) is 0.571. The van der Waals surface area contributed by atoms with Gasteiger partial charge in [-0.25, -0.2) is 0 Å². The molecule has 0 aromatic heterocycles.